The van der Waals surface area contributed by atoms with Gasteiger partial charge in [0.25, 0.3) is 0 Å². The van der Waals surface area contributed by atoms with Gasteiger partial charge in [0.2, 0.25) is 0 Å². The van der Waals surface area contributed by atoms with E-state index < -0.39 is 16.0 Å². The fourth-order valence-corrected chi connectivity index (χ4v) is 2.28. The highest BCUT2D eigenvalue weighted by atomic mass is 32.2. The van der Waals surface area contributed by atoms with E-state index in [0.717, 1.165) is 0 Å². The van der Waals surface area contributed by atoms with Gasteiger partial charge in [0, 0.05) is 17.9 Å². The minimum atomic E-state index is -2.97. The summed E-state index contributed by atoms with van der Waals surface area (Å²) in [6.45, 7) is 4.18. The van der Waals surface area contributed by atoms with E-state index in [1.54, 1.807) is 0 Å². The summed E-state index contributed by atoms with van der Waals surface area (Å²) in [5.74, 6) is 0.0933. The van der Waals surface area contributed by atoms with E-state index in [0.29, 0.717) is 13.0 Å². The van der Waals surface area contributed by atoms with Crippen LogP contribution in [0.2, 0.25) is 0 Å². The summed E-state index contributed by atoms with van der Waals surface area (Å²) in [5.41, 5.74) is 5.47. The topological polar surface area (TPSA) is 60.2 Å². The van der Waals surface area contributed by atoms with Gasteiger partial charge in [-0.05, 0) is 25.3 Å². The van der Waals surface area contributed by atoms with Crippen LogP contribution < -0.4 is 5.73 Å². The van der Waals surface area contributed by atoms with Crippen LogP contribution in [0.25, 0.3) is 0 Å². The molecule has 0 aliphatic rings. The van der Waals surface area contributed by atoms with Crippen molar-refractivity contribution in [3.05, 3.63) is 0 Å². The Balaban J connectivity index is 3.97. The molecule has 0 rings (SSSR count). The Hall–Kier alpha value is -0.160. The van der Waals surface area contributed by atoms with E-state index >= 15 is 0 Å². The first-order valence-electron chi connectivity index (χ1n) is 5.29. The maximum absolute atomic E-state index is 13.6. The Kier molecular flexibility index (Phi) is 6.36. The lowest BCUT2D eigenvalue weighted by atomic mass is 9.89. The molecule has 92 valence electrons. The summed E-state index contributed by atoms with van der Waals surface area (Å²) in [7, 11) is -2.97. The smallest absolute Gasteiger partial charge is 0.147 e. The molecule has 0 aromatic carbocycles. The van der Waals surface area contributed by atoms with Gasteiger partial charge in [0.1, 0.15) is 16.0 Å². The number of hydrogen-bond donors (Lipinski definition) is 1. The molecule has 0 radical (unpaired) electrons. The molecule has 2 atom stereocenters. The number of nitrogens with two attached hydrogens (primary N) is 1. The first-order chi connectivity index (χ1) is 6.78. The Morgan fingerprint density at radius 2 is 1.87 bits per heavy atom. The molecule has 0 aromatic heterocycles. The Morgan fingerprint density at radius 3 is 2.20 bits per heavy atom. The van der Waals surface area contributed by atoms with Crippen molar-refractivity contribution in [1.29, 1.82) is 0 Å². The predicted octanol–water partition coefficient (Wildman–Crippen LogP) is 1.38. The number of hydrogen-bond acceptors (Lipinski definition) is 3. The van der Waals surface area contributed by atoms with Crippen LogP contribution >= 0.6 is 0 Å². The normalized spacial score (nSPS) is 16.7. The van der Waals surface area contributed by atoms with Crippen molar-refractivity contribution < 1.29 is 12.8 Å². The highest BCUT2D eigenvalue weighted by Gasteiger charge is 2.22. The summed E-state index contributed by atoms with van der Waals surface area (Å²) in [6.07, 6.45) is 0.844. The molecule has 0 bridgehead atoms. The van der Waals surface area contributed by atoms with Gasteiger partial charge in [0.05, 0.1) is 0 Å². The highest BCUT2D eigenvalue weighted by molar-refractivity contribution is 7.90. The molecule has 2 N–H and O–H groups in total. The number of rotatable bonds is 7. The second kappa shape index (κ2) is 6.43. The van der Waals surface area contributed by atoms with E-state index in [4.69, 9.17) is 5.73 Å². The maximum Gasteiger partial charge on any atom is 0.147 e. The number of halogens is 1. The van der Waals surface area contributed by atoms with E-state index in [1.807, 2.05) is 13.8 Å². The second-order valence-electron chi connectivity index (χ2n) is 4.43. The van der Waals surface area contributed by atoms with Crippen LogP contribution in [0.5, 0.6) is 0 Å². The van der Waals surface area contributed by atoms with Crippen molar-refractivity contribution in [3.8, 4) is 0 Å². The van der Waals surface area contributed by atoms with E-state index in [-0.39, 0.29) is 24.0 Å². The Morgan fingerprint density at radius 1 is 1.33 bits per heavy atom. The summed E-state index contributed by atoms with van der Waals surface area (Å²) in [5, 5.41) is 0. The van der Waals surface area contributed by atoms with Crippen molar-refractivity contribution in [2.75, 3.05) is 18.6 Å². The van der Waals surface area contributed by atoms with E-state index in [9.17, 15) is 12.8 Å². The van der Waals surface area contributed by atoms with Crippen molar-refractivity contribution in [3.63, 3.8) is 0 Å². The second-order valence-corrected chi connectivity index (χ2v) is 6.69. The SMILES string of the molecule is CC(C)C(CN)C(F)CCCS(C)(=O)=O. The average Bonchev–Trinajstić information content (AvgIpc) is 2.01. The van der Waals surface area contributed by atoms with Gasteiger partial charge in [0.15, 0.2) is 0 Å². The van der Waals surface area contributed by atoms with Crippen LogP contribution in [0.4, 0.5) is 4.39 Å². The molecule has 0 amide bonds. The lowest BCUT2D eigenvalue weighted by molar-refractivity contribution is 0.175. The number of alkyl halides is 1. The van der Waals surface area contributed by atoms with Crippen molar-refractivity contribution in [2.45, 2.75) is 32.9 Å². The molecule has 0 aliphatic carbocycles. The quantitative estimate of drug-likeness (QED) is 0.730. The van der Waals surface area contributed by atoms with Crippen molar-refractivity contribution in [2.24, 2.45) is 17.6 Å². The summed E-state index contributed by atoms with van der Waals surface area (Å²) >= 11 is 0. The molecule has 3 nitrogen and oxygen atoms in total. The molecule has 0 saturated heterocycles. The fraction of sp³-hybridized carbons (Fsp3) is 1.00. The van der Waals surface area contributed by atoms with Gasteiger partial charge in [-0.3, -0.25) is 0 Å². The first kappa shape index (κ1) is 14.8. The standard InChI is InChI=1S/C10H22FNO2S/c1-8(2)9(7-12)10(11)5-4-6-15(3,13)14/h8-10H,4-7,12H2,1-3H3. The van der Waals surface area contributed by atoms with Crippen LogP contribution in [-0.2, 0) is 9.84 Å². The van der Waals surface area contributed by atoms with E-state index in [1.165, 1.54) is 6.26 Å². The zero-order valence-corrected chi connectivity index (χ0v) is 10.6. The molecular formula is C10H22FNO2S. The Bertz CT molecular complexity index is 265. The minimum absolute atomic E-state index is 0.0583. The van der Waals surface area contributed by atoms with E-state index in [2.05, 4.69) is 0 Å². The van der Waals surface area contributed by atoms with Gasteiger partial charge < -0.3 is 5.73 Å². The molecule has 5 heteroatoms. The molecule has 0 heterocycles. The molecular weight excluding hydrogens is 217 g/mol. The predicted molar refractivity (Wildman–Crippen MR) is 61.2 cm³/mol. The highest BCUT2D eigenvalue weighted by Crippen LogP contribution is 2.20. The molecule has 0 aliphatic heterocycles. The van der Waals surface area contributed by atoms with Crippen LogP contribution in [0.3, 0.4) is 0 Å². The lowest BCUT2D eigenvalue weighted by Crippen LogP contribution is -2.29. The third-order valence-electron chi connectivity index (χ3n) is 2.59. The third-order valence-corrected chi connectivity index (χ3v) is 3.62. The molecule has 0 fully saturated rings. The lowest BCUT2D eigenvalue weighted by Gasteiger charge is -2.22. The van der Waals surface area contributed by atoms with Gasteiger partial charge >= 0.3 is 0 Å². The van der Waals surface area contributed by atoms with Gasteiger partial charge in [-0.25, -0.2) is 12.8 Å². The Labute approximate surface area is 92.2 Å². The zero-order chi connectivity index (χ0) is 12.1. The maximum atomic E-state index is 13.6. The van der Waals surface area contributed by atoms with Crippen LogP contribution in [-0.4, -0.2) is 33.1 Å². The molecule has 15 heavy (non-hydrogen) atoms. The van der Waals surface area contributed by atoms with Crippen molar-refractivity contribution >= 4 is 9.84 Å². The van der Waals surface area contributed by atoms with Crippen LogP contribution in [0.15, 0.2) is 0 Å². The summed E-state index contributed by atoms with van der Waals surface area (Å²) in [6, 6.07) is 0. The minimum Gasteiger partial charge on any atom is -0.330 e. The molecule has 0 spiro atoms. The third kappa shape index (κ3) is 6.84. The first-order valence-corrected chi connectivity index (χ1v) is 7.36. The van der Waals surface area contributed by atoms with Crippen LogP contribution in [0.1, 0.15) is 26.7 Å². The number of sulfone groups is 1. The van der Waals surface area contributed by atoms with Crippen molar-refractivity contribution in [1.82, 2.24) is 0 Å². The van der Waals surface area contributed by atoms with Gasteiger partial charge in [-0.15, -0.1) is 0 Å². The molecule has 0 aromatic rings. The van der Waals surface area contributed by atoms with Crippen LogP contribution in [0, 0.1) is 11.8 Å². The molecule has 0 saturated carbocycles. The monoisotopic (exact) mass is 239 g/mol. The average molecular weight is 239 g/mol. The van der Waals surface area contributed by atoms with Gasteiger partial charge in [-0.1, -0.05) is 13.8 Å². The molecule has 2 unspecified atom stereocenters. The summed E-state index contributed by atoms with van der Waals surface area (Å²) in [4.78, 5) is 0. The fourth-order valence-electron chi connectivity index (χ4n) is 1.59. The summed E-state index contributed by atoms with van der Waals surface area (Å²) < 4.78 is 35.3. The van der Waals surface area contributed by atoms with Gasteiger partial charge in [-0.2, -0.15) is 0 Å². The largest absolute Gasteiger partial charge is 0.330 e. The zero-order valence-electron chi connectivity index (χ0n) is 9.74.